The van der Waals surface area contributed by atoms with Gasteiger partial charge in [0.2, 0.25) is 0 Å². The molecule has 3 rings (SSSR count). The molecule has 0 spiro atoms. The van der Waals surface area contributed by atoms with E-state index in [2.05, 4.69) is 60.0 Å². The Bertz CT molecular complexity index is 2110. The van der Waals surface area contributed by atoms with Crippen LogP contribution in [0.4, 0.5) is 0 Å². The summed E-state index contributed by atoms with van der Waals surface area (Å²) in [5.41, 5.74) is 6.58. The van der Waals surface area contributed by atoms with E-state index in [0.29, 0.717) is 52.1 Å². The van der Waals surface area contributed by atoms with Gasteiger partial charge in [0.25, 0.3) is 6.47 Å². The molecule has 0 aliphatic heterocycles. The molecular weight excluding hydrogens is 951 g/mol. The van der Waals surface area contributed by atoms with E-state index in [1.54, 1.807) is 75.3 Å². The number of hydrogen-bond donors (Lipinski definition) is 2. The van der Waals surface area contributed by atoms with Crippen molar-refractivity contribution >= 4 is 59.9 Å². The van der Waals surface area contributed by atoms with Crippen LogP contribution in [0.2, 0.25) is 0 Å². The van der Waals surface area contributed by atoms with Gasteiger partial charge in [0.1, 0.15) is 11.5 Å². The van der Waals surface area contributed by atoms with Gasteiger partial charge in [0.15, 0.2) is 23.1 Å². The summed E-state index contributed by atoms with van der Waals surface area (Å²) in [6, 6.07) is 1.57. The molecule has 1 aromatic carbocycles. The fraction of sp³-hybridized carbons (Fsp3) is 0.509. The number of allylic oxidation sites excluding steroid dienone is 8. The first kappa shape index (κ1) is 66.8. The topological polar surface area (TPSA) is 135 Å². The SMILES string of the molecule is C#CC#CC#CC#CC.CC1=CC(=O)C(C)=C(C)C1=O.CCCCCCCCCC1=C(C)C(=O)C(C)=C(C)C1=O.CCCCCCCCCOC=O.Cc1cc(O)c(C)c(C)c1O.[Cl][Fe]([Cl])[Cl]. The molecule has 0 heterocycles. The zero-order chi connectivity index (χ0) is 51.9. The number of terminal acetylenes is 1. The Morgan fingerprint density at radius 2 is 1.06 bits per heavy atom. The summed E-state index contributed by atoms with van der Waals surface area (Å²) >= 11 is -1.33. The molecule has 0 saturated heterocycles. The van der Waals surface area contributed by atoms with Gasteiger partial charge in [0.05, 0.1) is 6.61 Å². The second kappa shape index (κ2) is 41.7. The Hall–Kier alpha value is -4.44. The molecular formula is C55H74Cl3FeO8. The number of carbonyl (C=O) groups excluding carboxylic acids is 5. The van der Waals surface area contributed by atoms with Crippen molar-refractivity contribution in [2.45, 2.75) is 179 Å². The summed E-state index contributed by atoms with van der Waals surface area (Å²) in [6.07, 6.45) is 24.4. The fourth-order valence-corrected chi connectivity index (χ4v) is 6.17. The number of aryl methyl sites for hydroxylation is 1. The molecule has 2 N–H and O–H groups in total. The first-order valence-corrected chi connectivity index (χ1v) is 27.2. The zero-order valence-electron chi connectivity index (χ0n) is 42.0. The summed E-state index contributed by atoms with van der Waals surface area (Å²) in [4.78, 5) is 56.3. The predicted octanol–water partition coefficient (Wildman–Crippen LogP) is 14.0. The Labute approximate surface area is 420 Å². The van der Waals surface area contributed by atoms with Crippen LogP contribution in [0.1, 0.15) is 175 Å². The molecule has 8 nitrogen and oxygen atoms in total. The molecule has 0 saturated carbocycles. The van der Waals surface area contributed by atoms with Crippen LogP contribution < -0.4 is 0 Å². The van der Waals surface area contributed by atoms with Gasteiger partial charge >= 0.3 is 41.5 Å². The van der Waals surface area contributed by atoms with Crippen LogP contribution in [0.3, 0.4) is 0 Å². The van der Waals surface area contributed by atoms with Crippen LogP contribution in [0.25, 0.3) is 0 Å². The van der Waals surface area contributed by atoms with Gasteiger partial charge in [-0.15, -0.1) is 6.42 Å². The number of phenols is 2. The van der Waals surface area contributed by atoms with Gasteiger partial charge < -0.3 is 14.9 Å². The summed E-state index contributed by atoms with van der Waals surface area (Å²) in [7, 11) is 14.7. The third-order valence-corrected chi connectivity index (χ3v) is 10.7. The monoisotopic (exact) mass is 1020 g/mol. The maximum atomic E-state index is 12.2. The predicted molar refractivity (Wildman–Crippen MR) is 275 cm³/mol. The van der Waals surface area contributed by atoms with Crippen molar-refractivity contribution in [2.75, 3.05) is 6.61 Å². The summed E-state index contributed by atoms with van der Waals surface area (Å²) in [5.74, 6) is 17.6. The summed E-state index contributed by atoms with van der Waals surface area (Å²) in [5, 5.41) is 18.7. The van der Waals surface area contributed by atoms with Gasteiger partial charge in [-0.25, -0.2) is 0 Å². The Kier molecular flexibility index (Phi) is 41.6. The van der Waals surface area contributed by atoms with E-state index in [4.69, 9.17) is 36.7 Å². The molecule has 2 aliphatic carbocycles. The van der Waals surface area contributed by atoms with Crippen LogP contribution in [0, 0.1) is 68.6 Å². The number of aromatic hydroxyl groups is 2. The fourth-order valence-electron chi connectivity index (χ4n) is 6.17. The number of hydrogen-bond acceptors (Lipinski definition) is 8. The van der Waals surface area contributed by atoms with Crippen molar-refractivity contribution in [3.05, 3.63) is 67.8 Å². The first-order chi connectivity index (χ1) is 31.6. The number of Topliss-reactive ketones (excluding diaryl/α,β-unsaturated/α-hetero) is 3. The van der Waals surface area contributed by atoms with E-state index in [-0.39, 0.29) is 34.6 Å². The minimum absolute atomic E-state index is 0.0119. The number of unbranched alkanes of at least 4 members (excludes halogenated alkanes) is 12. The Morgan fingerprint density at radius 1 is 0.612 bits per heavy atom. The van der Waals surface area contributed by atoms with Crippen LogP contribution in [-0.2, 0) is 39.9 Å². The van der Waals surface area contributed by atoms with Crippen molar-refractivity contribution in [1.82, 2.24) is 0 Å². The quantitative estimate of drug-likeness (QED) is 0.0393. The van der Waals surface area contributed by atoms with E-state index in [9.17, 15) is 34.2 Å². The van der Waals surface area contributed by atoms with Crippen LogP contribution in [-0.4, -0.2) is 46.4 Å². The van der Waals surface area contributed by atoms with Crippen LogP contribution in [0.5, 0.6) is 11.5 Å². The van der Waals surface area contributed by atoms with E-state index < -0.39 is 11.2 Å². The molecule has 67 heavy (non-hydrogen) atoms. The molecule has 2 aliphatic rings. The second-order valence-corrected chi connectivity index (χ2v) is 21.2. The number of carbonyl (C=O) groups is 5. The molecule has 0 fully saturated rings. The van der Waals surface area contributed by atoms with Crippen LogP contribution in [0.15, 0.2) is 51.2 Å². The van der Waals surface area contributed by atoms with Gasteiger partial charge in [-0.3, -0.25) is 24.0 Å². The molecule has 0 amide bonds. The number of phenolic OH excluding ortho intramolecular Hbond substituents is 2. The number of halogens is 3. The third kappa shape index (κ3) is 31.3. The average Bonchev–Trinajstić information content (AvgIpc) is 3.29. The number of rotatable bonds is 17. The molecule has 12 heteroatoms. The molecule has 0 aromatic heterocycles. The van der Waals surface area contributed by atoms with Gasteiger partial charge in [-0.1, -0.05) is 96.8 Å². The molecule has 0 bridgehead atoms. The maximum absolute atomic E-state index is 12.2. The third-order valence-electron chi connectivity index (χ3n) is 10.7. The van der Waals surface area contributed by atoms with Gasteiger partial charge in [0, 0.05) is 39.0 Å². The normalized spacial score (nSPS) is 12.6. The number of benzene rings is 1. The summed E-state index contributed by atoms with van der Waals surface area (Å²) in [6.45, 7) is 23.0. The minimum atomic E-state index is -1.33. The Balaban J connectivity index is -0.000000771. The van der Waals surface area contributed by atoms with Crippen molar-refractivity contribution in [1.29, 1.82) is 0 Å². The first-order valence-electron chi connectivity index (χ1n) is 22.6. The Morgan fingerprint density at radius 3 is 1.55 bits per heavy atom. The standard InChI is InChI=1S/C18H28O2.C10H20O2.C9H12O2.C9H10O2.C9H4.3ClH.Fe/c1-5-6-7-8-9-10-11-12-16-15(4)17(19)13(2)14(3)18(16)20;1-2-3-4-5-6-7-8-9-12-10-11;2*1-5-4-8(10)6(2)7(3)9(5)11;1-3-5-7-9-8-6-4-2;;;;/h5-12H2,1-4H3;10H,2-9H2,1H3;4,10-11H,1-3H3;4H,1-3H3;1H,2H3;3*1H;/q;;;;;;;;+3/p-3. The van der Waals surface area contributed by atoms with Gasteiger partial charge in [-0.2, -0.15) is 0 Å². The van der Waals surface area contributed by atoms with Crippen molar-refractivity contribution < 1.29 is 50.1 Å². The zero-order valence-corrected chi connectivity index (χ0v) is 45.3. The van der Waals surface area contributed by atoms with E-state index in [1.807, 2.05) is 0 Å². The van der Waals surface area contributed by atoms with Crippen LogP contribution >= 0.6 is 30.3 Å². The number of ketones is 4. The van der Waals surface area contributed by atoms with E-state index >= 15 is 0 Å². The van der Waals surface area contributed by atoms with Crippen molar-refractivity contribution in [2.24, 2.45) is 0 Å². The number of ether oxygens (including phenoxy) is 1. The molecule has 0 unspecified atom stereocenters. The van der Waals surface area contributed by atoms with Crippen molar-refractivity contribution in [3.8, 4) is 59.4 Å². The van der Waals surface area contributed by atoms with E-state index in [1.165, 1.54) is 76.7 Å². The van der Waals surface area contributed by atoms with E-state index in [0.717, 1.165) is 42.4 Å². The molecule has 1 aromatic rings. The molecule has 0 atom stereocenters. The second-order valence-electron chi connectivity index (χ2n) is 15.7. The molecule has 371 valence electrons. The van der Waals surface area contributed by atoms with Gasteiger partial charge in [-0.05, 0) is 153 Å². The van der Waals surface area contributed by atoms with Crippen molar-refractivity contribution in [3.63, 3.8) is 0 Å². The summed E-state index contributed by atoms with van der Waals surface area (Å²) < 4.78 is 4.58. The average molecular weight is 1030 g/mol. The molecule has 0 radical (unpaired) electrons.